The van der Waals surface area contributed by atoms with Crippen LogP contribution in [-0.4, -0.2) is 9.97 Å². The van der Waals surface area contributed by atoms with Crippen molar-refractivity contribution in [1.29, 1.82) is 0 Å². The third kappa shape index (κ3) is 3.24. The molecule has 0 aliphatic carbocycles. The van der Waals surface area contributed by atoms with E-state index in [0.29, 0.717) is 5.92 Å². The Bertz CT molecular complexity index is 638. The van der Waals surface area contributed by atoms with Crippen LogP contribution in [0.15, 0.2) is 12.1 Å². The van der Waals surface area contributed by atoms with Gasteiger partial charge in [0.05, 0.1) is 4.88 Å². The molecule has 2 rings (SSSR count). The van der Waals surface area contributed by atoms with E-state index in [1.807, 2.05) is 6.92 Å². The van der Waals surface area contributed by atoms with E-state index < -0.39 is 0 Å². The fraction of sp³-hybridized carbons (Fsp3) is 0.500. The number of aryl methyl sites for hydroxylation is 1. The summed E-state index contributed by atoms with van der Waals surface area (Å²) in [7, 11) is 0. The Morgan fingerprint density at radius 2 is 1.86 bits per heavy atom. The highest BCUT2D eigenvalue weighted by Crippen LogP contribution is 2.35. The van der Waals surface area contributed by atoms with Gasteiger partial charge in [-0.25, -0.2) is 15.8 Å². The number of hydrogen-bond acceptors (Lipinski definition) is 5. The van der Waals surface area contributed by atoms with Crippen molar-refractivity contribution < 1.29 is 0 Å². The first-order chi connectivity index (χ1) is 9.74. The van der Waals surface area contributed by atoms with Gasteiger partial charge in [-0.1, -0.05) is 34.6 Å². The summed E-state index contributed by atoms with van der Waals surface area (Å²) in [5.74, 6) is 7.44. The van der Waals surface area contributed by atoms with Gasteiger partial charge in [0, 0.05) is 16.1 Å². The molecule has 0 saturated carbocycles. The van der Waals surface area contributed by atoms with Crippen molar-refractivity contribution in [3.63, 3.8) is 0 Å². The van der Waals surface area contributed by atoms with Crippen molar-refractivity contribution in [2.75, 3.05) is 5.43 Å². The molecule has 0 aromatic carbocycles. The molecule has 3 N–H and O–H groups in total. The number of rotatable bonds is 3. The van der Waals surface area contributed by atoms with Crippen LogP contribution in [0.2, 0.25) is 0 Å². The summed E-state index contributed by atoms with van der Waals surface area (Å²) in [5, 5.41) is 0. The van der Waals surface area contributed by atoms with E-state index in [9.17, 15) is 0 Å². The van der Waals surface area contributed by atoms with Gasteiger partial charge in [-0.05, 0) is 30.4 Å². The van der Waals surface area contributed by atoms with Gasteiger partial charge in [-0.15, -0.1) is 11.3 Å². The summed E-state index contributed by atoms with van der Waals surface area (Å²) in [6, 6.07) is 4.25. The molecular formula is C16H24N4S. The summed E-state index contributed by atoms with van der Waals surface area (Å²) in [5.41, 5.74) is 4.92. The molecule has 0 bridgehead atoms. The first-order valence-corrected chi connectivity index (χ1v) is 8.01. The van der Waals surface area contributed by atoms with Gasteiger partial charge < -0.3 is 5.43 Å². The Morgan fingerprint density at radius 3 is 2.33 bits per heavy atom. The van der Waals surface area contributed by atoms with Gasteiger partial charge >= 0.3 is 0 Å². The Hall–Kier alpha value is -1.46. The van der Waals surface area contributed by atoms with Crippen LogP contribution in [-0.2, 0) is 5.41 Å². The fourth-order valence-electron chi connectivity index (χ4n) is 2.35. The second-order valence-corrected chi connectivity index (χ2v) is 7.69. The van der Waals surface area contributed by atoms with Gasteiger partial charge in [0.1, 0.15) is 5.82 Å². The van der Waals surface area contributed by atoms with E-state index in [2.05, 4.69) is 62.1 Å². The minimum absolute atomic E-state index is 0.144. The predicted octanol–water partition coefficient (Wildman–Crippen LogP) is 4.22. The maximum Gasteiger partial charge on any atom is 0.171 e. The van der Waals surface area contributed by atoms with E-state index in [1.165, 1.54) is 4.88 Å². The largest absolute Gasteiger partial charge is 0.308 e. The topological polar surface area (TPSA) is 63.8 Å². The minimum atomic E-state index is 0.144. The van der Waals surface area contributed by atoms with Gasteiger partial charge in [0.25, 0.3) is 0 Å². The molecule has 2 aromatic rings. The maximum atomic E-state index is 5.64. The number of hydrogen-bond donors (Lipinski definition) is 2. The van der Waals surface area contributed by atoms with Crippen LogP contribution >= 0.6 is 11.3 Å². The molecule has 2 aromatic heterocycles. The molecule has 0 unspecified atom stereocenters. The average molecular weight is 304 g/mol. The lowest BCUT2D eigenvalue weighted by atomic mass is 9.95. The molecule has 0 amide bonds. The van der Waals surface area contributed by atoms with Crippen LogP contribution in [0.1, 0.15) is 56.7 Å². The van der Waals surface area contributed by atoms with E-state index in [4.69, 9.17) is 5.84 Å². The number of nitrogens with zero attached hydrogens (tertiary/aromatic N) is 2. The summed E-state index contributed by atoms with van der Waals surface area (Å²) < 4.78 is 0. The second kappa shape index (κ2) is 5.73. The van der Waals surface area contributed by atoms with Gasteiger partial charge in [-0.2, -0.15) is 0 Å². The van der Waals surface area contributed by atoms with E-state index in [-0.39, 0.29) is 5.41 Å². The lowest BCUT2D eigenvalue weighted by Crippen LogP contribution is -2.14. The van der Waals surface area contributed by atoms with Crippen molar-refractivity contribution in [3.8, 4) is 10.7 Å². The minimum Gasteiger partial charge on any atom is -0.308 e. The lowest BCUT2D eigenvalue weighted by molar-refractivity contribution is 0.604. The molecular weight excluding hydrogens is 280 g/mol. The van der Waals surface area contributed by atoms with Gasteiger partial charge in [-0.3, -0.25) is 0 Å². The highest BCUT2D eigenvalue weighted by atomic mass is 32.1. The third-order valence-corrected chi connectivity index (χ3v) is 4.92. The van der Waals surface area contributed by atoms with Gasteiger partial charge in [0.2, 0.25) is 0 Å². The van der Waals surface area contributed by atoms with E-state index in [1.54, 1.807) is 11.3 Å². The zero-order valence-corrected chi connectivity index (χ0v) is 14.4. The molecule has 2 heterocycles. The monoisotopic (exact) mass is 304 g/mol. The molecule has 5 heteroatoms. The molecule has 0 aliphatic rings. The highest BCUT2D eigenvalue weighted by molar-refractivity contribution is 7.15. The van der Waals surface area contributed by atoms with Crippen molar-refractivity contribution in [3.05, 3.63) is 28.3 Å². The number of hydrazine groups is 1. The predicted molar refractivity (Wildman–Crippen MR) is 90.7 cm³/mol. The van der Waals surface area contributed by atoms with E-state index in [0.717, 1.165) is 27.8 Å². The summed E-state index contributed by atoms with van der Waals surface area (Å²) >= 11 is 1.74. The van der Waals surface area contributed by atoms with E-state index >= 15 is 0 Å². The Labute approximate surface area is 130 Å². The first kappa shape index (κ1) is 15.9. The standard InChI is InChI=1S/C16H24N4S/c1-9(2)13-10(3)18-14(19-15(13)20-17)11-7-8-12(21-11)16(4,5)6/h7-9H,17H2,1-6H3,(H,18,19,20). The highest BCUT2D eigenvalue weighted by Gasteiger charge is 2.19. The van der Waals surface area contributed by atoms with Crippen molar-refractivity contribution >= 4 is 17.2 Å². The Balaban J connectivity index is 2.50. The zero-order chi connectivity index (χ0) is 15.8. The number of nitrogen functional groups attached to an aromatic ring is 1. The Morgan fingerprint density at radius 1 is 1.19 bits per heavy atom. The lowest BCUT2D eigenvalue weighted by Gasteiger charge is -2.16. The maximum absolute atomic E-state index is 5.64. The van der Waals surface area contributed by atoms with Gasteiger partial charge in [0.15, 0.2) is 5.82 Å². The summed E-state index contributed by atoms with van der Waals surface area (Å²) in [4.78, 5) is 11.7. The number of anilines is 1. The van der Waals surface area contributed by atoms with Crippen LogP contribution in [0.3, 0.4) is 0 Å². The molecule has 0 saturated heterocycles. The smallest absolute Gasteiger partial charge is 0.171 e. The zero-order valence-electron chi connectivity index (χ0n) is 13.6. The SMILES string of the molecule is Cc1nc(-c2ccc(C(C)(C)C)s2)nc(NN)c1C(C)C. The third-order valence-electron chi connectivity index (χ3n) is 3.42. The van der Waals surface area contributed by atoms with Crippen LogP contribution in [0, 0.1) is 6.92 Å². The molecule has 0 fully saturated rings. The first-order valence-electron chi connectivity index (χ1n) is 7.20. The summed E-state index contributed by atoms with van der Waals surface area (Å²) in [6.45, 7) is 12.9. The number of aromatic nitrogens is 2. The molecule has 0 aliphatic heterocycles. The van der Waals surface area contributed by atoms with Crippen LogP contribution in [0.25, 0.3) is 10.7 Å². The van der Waals surface area contributed by atoms with Crippen LogP contribution in [0.5, 0.6) is 0 Å². The normalized spacial score (nSPS) is 12.0. The second-order valence-electron chi connectivity index (χ2n) is 6.61. The molecule has 4 nitrogen and oxygen atoms in total. The quantitative estimate of drug-likeness (QED) is 0.658. The Kier molecular flexibility index (Phi) is 4.35. The number of nitrogens with one attached hydrogen (secondary N) is 1. The fourth-order valence-corrected chi connectivity index (χ4v) is 3.35. The molecule has 0 atom stereocenters. The molecule has 21 heavy (non-hydrogen) atoms. The van der Waals surface area contributed by atoms with Crippen molar-refractivity contribution in [2.45, 2.75) is 52.9 Å². The molecule has 0 spiro atoms. The molecule has 114 valence electrons. The van der Waals surface area contributed by atoms with Crippen molar-refractivity contribution in [1.82, 2.24) is 9.97 Å². The summed E-state index contributed by atoms with van der Waals surface area (Å²) in [6.07, 6.45) is 0. The van der Waals surface area contributed by atoms with Crippen molar-refractivity contribution in [2.24, 2.45) is 5.84 Å². The average Bonchev–Trinajstić information content (AvgIpc) is 2.86. The van der Waals surface area contributed by atoms with Crippen LogP contribution < -0.4 is 11.3 Å². The van der Waals surface area contributed by atoms with Crippen LogP contribution in [0.4, 0.5) is 5.82 Å². The number of thiophene rings is 1. The number of nitrogens with two attached hydrogens (primary N) is 1. The molecule has 0 radical (unpaired) electrons.